The Labute approximate surface area is 271 Å². The van der Waals surface area contributed by atoms with E-state index >= 15 is 0 Å². The summed E-state index contributed by atoms with van der Waals surface area (Å²) in [4.78, 5) is 47.9. The SMILES string of the molecule is CCCCCCCCO[C@@H]1O[C@@H](C(COC)OC2O[C@@H](C(COC(C)=O)OC(C)=O)[C@H](OC(C)=O)[C@H]2OC(C)=O)[C@H](OC)[C@H]1OC. The van der Waals surface area contributed by atoms with Crippen molar-refractivity contribution in [2.75, 3.05) is 41.2 Å². The molecule has 0 aliphatic carbocycles. The maximum Gasteiger partial charge on any atom is 0.303 e. The zero-order chi connectivity index (χ0) is 34.2. The summed E-state index contributed by atoms with van der Waals surface area (Å²) in [5.41, 5.74) is 0. The van der Waals surface area contributed by atoms with Crippen LogP contribution in [0.15, 0.2) is 0 Å². The van der Waals surface area contributed by atoms with Gasteiger partial charge in [0.2, 0.25) is 0 Å². The van der Waals surface area contributed by atoms with Crippen LogP contribution in [0.1, 0.15) is 73.1 Å². The van der Waals surface area contributed by atoms with E-state index in [1.54, 1.807) is 0 Å². The molecule has 0 saturated carbocycles. The van der Waals surface area contributed by atoms with Gasteiger partial charge in [0.1, 0.15) is 37.1 Å². The molecular weight excluding hydrogens is 612 g/mol. The van der Waals surface area contributed by atoms with Crippen molar-refractivity contribution in [1.29, 1.82) is 0 Å². The molecule has 0 bridgehead atoms. The first-order valence-electron chi connectivity index (χ1n) is 15.7. The highest BCUT2D eigenvalue weighted by atomic mass is 16.8. The summed E-state index contributed by atoms with van der Waals surface area (Å²) in [6.07, 6.45) is -3.67. The van der Waals surface area contributed by atoms with Crippen LogP contribution in [0.2, 0.25) is 0 Å². The van der Waals surface area contributed by atoms with Crippen LogP contribution < -0.4 is 0 Å². The Bertz CT molecular complexity index is 945. The highest BCUT2D eigenvalue weighted by Crippen LogP contribution is 2.35. The predicted molar refractivity (Wildman–Crippen MR) is 158 cm³/mol. The molecule has 2 saturated heterocycles. The van der Waals surface area contributed by atoms with Crippen LogP contribution in [0, 0.1) is 0 Å². The number of esters is 4. The van der Waals surface area contributed by atoms with Crippen molar-refractivity contribution in [2.45, 2.75) is 135 Å². The zero-order valence-corrected chi connectivity index (χ0v) is 28.3. The lowest BCUT2D eigenvalue weighted by atomic mass is 10.0. The van der Waals surface area contributed by atoms with Crippen molar-refractivity contribution < 1.29 is 71.3 Å². The zero-order valence-electron chi connectivity index (χ0n) is 28.3. The van der Waals surface area contributed by atoms with E-state index in [0.717, 1.165) is 33.1 Å². The quantitative estimate of drug-likeness (QED) is 0.0994. The average Bonchev–Trinajstić information content (AvgIpc) is 3.50. The fraction of sp³-hybridized carbons (Fsp3) is 0.871. The molecule has 2 fully saturated rings. The van der Waals surface area contributed by atoms with Gasteiger partial charge in [-0.15, -0.1) is 0 Å². The minimum atomic E-state index is -1.38. The standard InChI is InChI=1S/C31H52O15/c1-9-10-11-12-13-14-15-39-30-28(38-8)26(37-7)24(45-30)22(16-36-6)44-31-29(43-21(5)35)27(42-20(4)34)25(46-31)23(41-19(3)33)17-40-18(2)32/h22-31H,9-17H2,1-8H3/t22?,23?,24-,25-,26-,27-,28+,29+,30+,31?/m0/s1. The van der Waals surface area contributed by atoms with Crippen LogP contribution in [0.25, 0.3) is 0 Å². The van der Waals surface area contributed by atoms with Gasteiger partial charge in [0.15, 0.2) is 30.9 Å². The summed E-state index contributed by atoms with van der Waals surface area (Å²) in [6.45, 7) is 6.83. The maximum atomic E-state index is 12.2. The van der Waals surface area contributed by atoms with Gasteiger partial charge in [-0.2, -0.15) is 0 Å². The third-order valence-electron chi connectivity index (χ3n) is 7.48. The second-order valence-corrected chi connectivity index (χ2v) is 11.2. The summed E-state index contributed by atoms with van der Waals surface area (Å²) >= 11 is 0. The normalized spacial score (nSPS) is 28.8. The van der Waals surface area contributed by atoms with Gasteiger partial charge in [0.25, 0.3) is 0 Å². The summed E-state index contributed by atoms with van der Waals surface area (Å²) in [5, 5.41) is 0. The van der Waals surface area contributed by atoms with Crippen LogP contribution in [-0.2, 0) is 71.3 Å². The van der Waals surface area contributed by atoms with E-state index < -0.39 is 91.9 Å². The van der Waals surface area contributed by atoms with E-state index in [1.807, 2.05) is 0 Å². The Morgan fingerprint density at radius 1 is 0.630 bits per heavy atom. The smallest absolute Gasteiger partial charge is 0.303 e. The molecule has 0 aromatic heterocycles. The van der Waals surface area contributed by atoms with Gasteiger partial charge in [-0.05, 0) is 6.42 Å². The molecule has 2 aliphatic rings. The fourth-order valence-corrected chi connectivity index (χ4v) is 5.54. The molecule has 10 atom stereocenters. The molecule has 266 valence electrons. The van der Waals surface area contributed by atoms with Crippen LogP contribution in [0.3, 0.4) is 0 Å². The van der Waals surface area contributed by atoms with Crippen LogP contribution >= 0.6 is 0 Å². The van der Waals surface area contributed by atoms with E-state index in [1.165, 1.54) is 54.4 Å². The Balaban J connectivity index is 2.32. The first-order chi connectivity index (χ1) is 22.0. The number of rotatable bonds is 21. The molecule has 2 heterocycles. The summed E-state index contributed by atoms with van der Waals surface area (Å²) in [5.74, 6) is -2.81. The second kappa shape index (κ2) is 20.8. The van der Waals surface area contributed by atoms with Gasteiger partial charge in [-0.1, -0.05) is 39.0 Å². The Kier molecular flexibility index (Phi) is 17.9. The van der Waals surface area contributed by atoms with Gasteiger partial charge in [0.05, 0.1) is 6.61 Å². The van der Waals surface area contributed by atoms with Crippen LogP contribution in [-0.4, -0.2) is 126 Å². The first kappa shape index (κ1) is 39.8. The lowest BCUT2D eigenvalue weighted by Crippen LogP contribution is -2.48. The van der Waals surface area contributed by atoms with E-state index in [2.05, 4.69) is 6.92 Å². The van der Waals surface area contributed by atoms with E-state index in [9.17, 15) is 19.2 Å². The monoisotopic (exact) mass is 664 g/mol. The lowest BCUT2D eigenvalue weighted by Gasteiger charge is -2.31. The molecule has 0 aromatic rings. The number of ether oxygens (including phenoxy) is 11. The van der Waals surface area contributed by atoms with Gasteiger partial charge < -0.3 is 52.1 Å². The average molecular weight is 665 g/mol. The molecule has 2 rings (SSSR count). The fourth-order valence-electron chi connectivity index (χ4n) is 5.54. The highest BCUT2D eigenvalue weighted by molar-refractivity contribution is 5.68. The molecule has 0 spiro atoms. The largest absolute Gasteiger partial charge is 0.462 e. The molecule has 15 nitrogen and oxygen atoms in total. The van der Waals surface area contributed by atoms with E-state index in [4.69, 9.17) is 52.1 Å². The van der Waals surface area contributed by atoms with Crippen LogP contribution in [0.4, 0.5) is 0 Å². The minimum Gasteiger partial charge on any atom is -0.462 e. The van der Waals surface area contributed by atoms with Gasteiger partial charge in [0, 0.05) is 55.6 Å². The number of methoxy groups -OCH3 is 3. The molecule has 0 amide bonds. The van der Waals surface area contributed by atoms with Crippen molar-refractivity contribution in [2.24, 2.45) is 0 Å². The Morgan fingerprint density at radius 2 is 1.22 bits per heavy atom. The van der Waals surface area contributed by atoms with Crippen molar-refractivity contribution in [3.63, 3.8) is 0 Å². The number of hydrogen-bond acceptors (Lipinski definition) is 15. The predicted octanol–water partition coefficient (Wildman–Crippen LogP) is 2.23. The van der Waals surface area contributed by atoms with Gasteiger partial charge >= 0.3 is 23.9 Å². The topological polar surface area (TPSA) is 170 Å². The first-order valence-corrected chi connectivity index (χ1v) is 15.7. The molecule has 46 heavy (non-hydrogen) atoms. The van der Waals surface area contributed by atoms with Gasteiger partial charge in [-0.25, -0.2) is 0 Å². The van der Waals surface area contributed by atoms with Crippen molar-refractivity contribution >= 4 is 23.9 Å². The number of carbonyl (C=O) groups excluding carboxylic acids is 4. The summed E-state index contributed by atoms with van der Waals surface area (Å²) < 4.78 is 63.3. The van der Waals surface area contributed by atoms with Crippen molar-refractivity contribution in [3.05, 3.63) is 0 Å². The molecule has 0 N–H and O–H groups in total. The molecular formula is C31H52O15. The van der Waals surface area contributed by atoms with Gasteiger partial charge in [-0.3, -0.25) is 19.2 Å². The molecule has 3 unspecified atom stereocenters. The molecule has 0 aromatic carbocycles. The third kappa shape index (κ3) is 12.3. The van der Waals surface area contributed by atoms with Crippen molar-refractivity contribution in [3.8, 4) is 0 Å². The number of hydrogen-bond donors (Lipinski definition) is 0. The summed E-state index contributed by atoms with van der Waals surface area (Å²) in [7, 11) is 4.50. The minimum absolute atomic E-state index is 0.0263. The Morgan fingerprint density at radius 3 is 1.78 bits per heavy atom. The maximum absolute atomic E-state index is 12.2. The third-order valence-corrected chi connectivity index (χ3v) is 7.48. The Hall–Kier alpha value is -2.40. The molecule has 0 radical (unpaired) electrons. The second-order valence-electron chi connectivity index (χ2n) is 11.2. The lowest BCUT2D eigenvalue weighted by molar-refractivity contribution is -0.249. The number of carbonyl (C=O) groups is 4. The van der Waals surface area contributed by atoms with Crippen LogP contribution in [0.5, 0.6) is 0 Å². The van der Waals surface area contributed by atoms with E-state index in [0.29, 0.717) is 6.61 Å². The van der Waals surface area contributed by atoms with E-state index in [-0.39, 0.29) is 6.61 Å². The molecule has 2 aliphatic heterocycles. The highest BCUT2D eigenvalue weighted by Gasteiger charge is 2.57. The molecule has 15 heteroatoms. The summed E-state index contributed by atoms with van der Waals surface area (Å²) in [6, 6.07) is 0. The van der Waals surface area contributed by atoms with Crippen molar-refractivity contribution in [1.82, 2.24) is 0 Å². The number of unbranched alkanes of at least 4 members (excludes halogenated alkanes) is 5.